The molecule has 11 heavy (non-hydrogen) atoms. The van der Waals surface area contributed by atoms with Gasteiger partial charge in [0.05, 0.1) is 0 Å². The van der Waals surface area contributed by atoms with E-state index >= 15 is 0 Å². The molecule has 0 fully saturated rings. The maximum atomic E-state index is 8.56. The van der Waals surface area contributed by atoms with Crippen molar-refractivity contribution in [3.8, 4) is 0 Å². The summed E-state index contributed by atoms with van der Waals surface area (Å²) in [5.74, 6) is 0. The Labute approximate surface area is 115 Å². The van der Waals surface area contributed by atoms with Crippen LogP contribution in [0.1, 0.15) is 0 Å². The molecule has 9 heteroatoms. The van der Waals surface area contributed by atoms with Gasteiger partial charge in [0.25, 0.3) is 0 Å². The summed E-state index contributed by atoms with van der Waals surface area (Å²) in [6, 6.07) is 0. The van der Waals surface area contributed by atoms with Crippen LogP contribution in [0, 0.1) is 0 Å². The average molecular weight is 230 g/mol. The van der Waals surface area contributed by atoms with E-state index in [4.69, 9.17) is 30.0 Å². The number of carboxylic acid groups (broad SMARTS) is 4. The first-order valence-corrected chi connectivity index (χ1v) is 1.30. The van der Waals surface area contributed by atoms with E-state index in [1.165, 1.54) is 0 Å². The van der Waals surface area contributed by atoms with Crippen LogP contribution in [0.15, 0.2) is 0 Å². The Bertz CT molecular complexity index is 78.6. The van der Waals surface area contributed by atoms with Gasteiger partial charge in [0.2, 0.25) is 0 Å². The van der Waals surface area contributed by atoms with Gasteiger partial charge in [-0.05, 0) is 0 Å². The SMILES string of the molecule is O=C(O)O.O=C(O)O.[CaH2].[Fe].[LiH]. The number of hydrogen-bond acceptors (Lipinski definition) is 2. The van der Waals surface area contributed by atoms with Crippen molar-refractivity contribution < 1.29 is 47.1 Å². The molecule has 0 unspecified atom stereocenters. The summed E-state index contributed by atoms with van der Waals surface area (Å²) in [7, 11) is 0. The van der Waals surface area contributed by atoms with E-state index in [-0.39, 0.29) is 73.7 Å². The standard InChI is InChI=1S/2CH2O3.Ca.Fe.Li.3H/c2*2-1(3)4;;;;;;/h2*(H2,2,3,4);;;;;;. The molecule has 4 N–H and O–H groups in total. The van der Waals surface area contributed by atoms with Crippen molar-refractivity contribution in [3.63, 3.8) is 0 Å². The molecule has 0 aromatic carbocycles. The Balaban J connectivity index is -0.0000000171. The molecule has 0 aromatic heterocycles. The zero-order chi connectivity index (χ0) is 7.15. The molecule has 0 spiro atoms. The third-order valence-corrected chi connectivity index (χ3v) is 0. The van der Waals surface area contributed by atoms with Gasteiger partial charge in [-0.15, -0.1) is 0 Å². The van der Waals surface area contributed by atoms with Crippen LogP contribution in [0.4, 0.5) is 9.59 Å². The van der Waals surface area contributed by atoms with Crippen molar-refractivity contribution >= 4 is 68.9 Å². The fourth-order valence-corrected chi connectivity index (χ4v) is 0. The Morgan fingerprint density at radius 1 is 0.818 bits per heavy atom. The molecule has 0 saturated carbocycles. The molecule has 0 rings (SSSR count). The second-order valence-electron chi connectivity index (χ2n) is 0.565. The minimum absolute atomic E-state index is 0. The summed E-state index contributed by atoms with van der Waals surface area (Å²) in [5, 5.41) is 27.9. The van der Waals surface area contributed by atoms with Crippen LogP contribution in [0.3, 0.4) is 0 Å². The van der Waals surface area contributed by atoms with Gasteiger partial charge in [-0.25, -0.2) is 9.59 Å². The van der Waals surface area contributed by atoms with E-state index in [1.54, 1.807) is 0 Å². The predicted octanol–water partition coefficient (Wildman–Crippen LogP) is -1.12. The minimum atomic E-state index is -1.83. The van der Waals surface area contributed by atoms with Gasteiger partial charge >= 0.3 is 68.9 Å². The third-order valence-electron chi connectivity index (χ3n) is 0. The zero-order valence-corrected chi connectivity index (χ0v) is 5.06. The van der Waals surface area contributed by atoms with Crippen LogP contribution in [-0.2, 0) is 17.1 Å². The van der Waals surface area contributed by atoms with Crippen LogP contribution in [0.25, 0.3) is 0 Å². The van der Waals surface area contributed by atoms with Gasteiger partial charge in [0.1, 0.15) is 0 Å². The quantitative estimate of drug-likeness (QED) is 0.391. The molecule has 0 atom stereocenters. The zero-order valence-electron chi connectivity index (χ0n) is 3.96. The van der Waals surface area contributed by atoms with Gasteiger partial charge in [0, 0.05) is 17.1 Å². The number of carbonyl (C=O) groups is 2. The third kappa shape index (κ3) is 1030. The van der Waals surface area contributed by atoms with Crippen LogP contribution in [0.2, 0.25) is 0 Å². The monoisotopic (exact) mass is 230 g/mol. The van der Waals surface area contributed by atoms with Gasteiger partial charge in [-0.3, -0.25) is 0 Å². The summed E-state index contributed by atoms with van der Waals surface area (Å²) in [4.78, 5) is 17.1. The van der Waals surface area contributed by atoms with Gasteiger partial charge in [-0.2, -0.15) is 0 Å². The molecule has 0 aliphatic heterocycles. The molecule has 62 valence electrons. The first-order valence-electron chi connectivity index (χ1n) is 1.30. The van der Waals surface area contributed by atoms with Gasteiger partial charge in [0.15, 0.2) is 0 Å². The Morgan fingerprint density at radius 3 is 0.818 bits per heavy atom. The summed E-state index contributed by atoms with van der Waals surface area (Å²) in [5.41, 5.74) is 0. The van der Waals surface area contributed by atoms with Gasteiger partial charge in [-0.1, -0.05) is 0 Å². The maximum absolute atomic E-state index is 8.56. The van der Waals surface area contributed by atoms with E-state index in [0.29, 0.717) is 0 Å². The van der Waals surface area contributed by atoms with Crippen molar-refractivity contribution in [2.75, 3.05) is 0 Å². The van der Waals surface area contributed by atoms with Crippen molar-refractivity contribution in [1.29, 1.82) is 0 Å². The van der Waals surface area contributed by atoms with Crippen molar-refractivity contribution in [2.24, 2.45) is 0 Å². The molecule has 0 aliphatic carbocycles. The molecule has 6 nitrogen and oxygen atoms in total. The van der Waals surface area contributed by atoms with Crippen molar-refractivity contribution in [3.05, 3.63) is 0 Å². The van der Waals surface area contributed by atoms with E-state index in [2.05, 4.69) is 0 Å². The second kappa shape index (κ2) is 22.4. The number of rotatable bonds is 0. The van der Waals surface area contributed by atoms with Crippen LogP contribution < -0.4 is 0 Å². The summed E-state index contributed by atoms with van der Waals surface area (Å²) >= 11 is 0. The predicted molar refractivity (Wildman–Crippen MR) is 37.0 cm³/mol. The van der Waals surface area contributed by atoms with E-state index in [0.717, 1.165) is 0 Å². The van der Waals surface area contributed by atoms with Gasteiger partial charge < -0.3 is 20.4 Å². The molecular weight excluding hydrogens is 223 g/mol. The average Bonchev–Trinajstić information content (AvgIpc) is 1.25. The van der Waals surface area contributed by atoms with Crippen molar-refractivity contribution in [1.82, 2.24) is 0 Å². The van der Waals surface area contributed by atoms with Crippen LogP contribution in [-0.4, -0.2) is 89.3 Å². The van der Waals surface area contributed by atoms with E-state index < -0.39 is 12.3 Å². The first-order chi connectivity index (χ1) is 3.46. The summed E-state index contributed by atoms with van der Waals surface area (Å²) in [6.45, 7) is 0. The normalized spacial score (nSPS) is 4.36. The molecule has 0 radical (unpaired) electrons. The Morgan fingerprint density at radius 2 is 0.818 bits per heavy atom. The van der Waals surface area contributed by atoms with E-state index in [1.807, 2.05) is 0 Å². The molecule has 0 saturated heterocycles. The molecule has 0 heterocycles. The van der Waals surface area contributed by atoms with Crippen LogP contribution in [0.5, 0.6) is 0 Å². The van der Waals surface area contributed by atoms with Crippen LogP contribution >= 0.6 is 0 Å². The van der Waals surface area contributed by atoms with Crippen molar-refractivity contribution in [2.45, 2.75) is 0 Å². The topological polar surface area (TPSA) is 115 Å². The summed E-state index contributed by atoms with van der Waals surface area (Å²) < 4.78 is 0. The number of hydrogen-bond donors (Lipinski definition) is 4. The molecule has 0 aromatic rings. The Kier molecular flexibility index (Phi) is 60.6. The second-order valence-corrected chi connectivity index (χ2v) is 0.565. The molecule has 0 bridgehead atoms. The Hall–Kier alpha value is 0.917. The molecular formula is C2H7CaFeLiO6. The summed E-state index contributed by atoms with van der Waals surface area (Å²) in [6.07, 6.45) is -3.67. The molecule has 0 aliphatic rings. The first kappa shape index (κ1) is 29.7. The fraction of sp³-hybridized carbons (Fsp3) is 0. The fourth-order valence-electron chi connectivity index (χ4n) is 0. The van der Waals surface area contributed by atoms with E-state index in [9.17, 15) is 0 Å². The molecule has 0 amide bonds.